The third kappa shape index (κ3) is 9.79. The van der Waals surface area contributed by atoms with Gasteiger partial charge in [0.2, 0.25) is 27.7 Å². The number of nitrogens with one attached hydrogen (secondary N) is 2. The number of piperidine rings is 1. The van der Waals surface area contributed by atoms with Gasteiger partial charge in [0.25, 0.3) is 0 Å². The van der Waals surface area contributed by atoms with Crippen LogP contribution < -0.4 is 11.1 Å². The molecule has 0 radical (unpaired) electrons. The van der Waals surface area contributed by atoms with Crippen LogP contribution in [0.1, 0.15) is 76.7 Å². The van der Waals surface area contributed by atoms with Crippen molar-refractivity contribution in [1.29, 1.82) is 5.41 Å². The molecule has 0 saturated carbocycles. The first kappa shape index (κ1) is 33.5. The minimum absolute atomic E-state index is 0.0327. The summed E-state index contributed by atoms with van der Waals surface area (Å²) in [5.74, 6) is -1.09. The molecule has 2 aliphatic heterocycles. The van der Waals surface area contributed by atoms with Crippen LogP contribution in [0.4, 0.5) is 0 Å². The SMILES string of the molecule is CCCCCCCC(=O)NC(=N)N1CCC(CN([C@H](Cc2ccccc2)C(=O)N2CCC[C@H]2C(N)=O)S(C)(=O)=O)CC1. The fourth-order valence-corrected chi connectivity index (χ4v) is 7.03. The molecule has 0 spiro atoms. The third-order valence-electron chi connectivity index (χ3n) is 8.33. The van der Waals surface area contributed by atoms with Crippen LogP contribution in [0.25, 0.3) is 0 Å². The van der Waals surface area contributed by atoms with Crippen LogP contribution in [0.2, 0.25) is 0 Å². The van der Waals surface area contributed by atoms with Crippen LogP contribution in [0, 0.1) is 11.3 Å². The number of benzene rings is 1. The Morgan fingerprint density at radius 1 is 1.05 bits per heavy atom. The number of primary amides is 1. The van der Waals surface area contributed by atoms with Crippen LogP contribution in [-0.4, -0.2) is 90.7 Å². The standard InChI is InChI=1S/C30H48N6O5S/c1-3-4-5-6-10-15-27(37)33-30(32)34-19-16-24(17-20-34)22-36(42(2,40)41)26(21-23-12-8-7-9-13-23)29(39)35-18-11-14-25(35)28(31)38/h7-9,12-13,24-26H,3-6,10-11,14-22H2,1-2H3,(H2,31,38)(H2,32,33,37)/t25-,26+/m0/s1. The number of guanidine groups is 1. The second-order valence-corrected chi connectivity index (χ2v) is 13.6. The first-order chi connectivity index (χ1) is 20.0. The van der Waals surface area contributed by atoms with Crippen molar-refractivity contribution in [2.24, 2.45) is 11.7 Å². The van der Waals surface area contributed by atoms with E-state index in [1.165, 1.54) is 9.21 Å². The predicted octanol–water partition coefficient (Wildman–Crippen LogP) is 2.46. The summed E-state index contributed by atoms with van der Waals surface area (Å²) in [6, 6.07) is 7.53. The second kappa shape index (κ2) is 16.0. The Balaban J connectivity index is 1.66. The summed E-state index contributed by atoms with van der Waals surface area (Å²) in [5, 5.41) is 11.1. The van der Waals surface area contributed by atoms with E-state index in [2.05, 4.69) is 12.2 Å². The number of unbranched alkanes of at least 4 members (excludes halogenated alkanes) is 4. The van der Waals surface area contributed by atoms with E-state index in [1.807, 2.05) is 35.2 Å². The molecule has 2 fully saturated rings. The lowest BCUT2D eigenvalue weighted by molar-refractivity contribution is -0.140. The van der Waals surface area contributed by atoms with Crippen molar-refractivity contribution < 1.29 is 22.8 Å². The van der Waals surface area contributed by atoms with E-state index in [0.717, 1.165) is 43.9 Å². The molecular formula is C30H48N6O5S. The van der Waals surface area contributed by atoms with Gasteiger partial charge in [0, 0.05) is 32.6 Å². The molecular weight excluding hydrogens is 556 g/mol. The van der Waals surface area contributed by atoms with Gasteiger partial charge in [-0.05, 0) is 50.0 Å². The number of rotatable bonds is 14. The molecule has 12 heteroatoms. The molecule has 2 heterocycles. The Bertz CT molecular complexity index is 1170. The quantitative estimate of drug-likeness (QED) is 0.168. The van der Waals surface area contributed by atoms with Gasteiger partial charge in [-0.1, -0.05) is 62.9 Å². The number of hydrogen-bond acceptors (Lipinski definition) is 6. The molecule has 0 unspecified atom stereocenters. The summed E-state index contributed by atoms with van der Waals surface area (Å²) in [6.07, 6.45) is 9.27. The Morgan fingerprint density at radius 3 is 2.33 bits per heavy atom. The van der Waals surface area contributed by atoms with Gasteiger partial charge in [0.1, 0.15) is 12.1 Å². The van der Waals surface area contributed by atoms with Gasteiger partial charge in [0.05, 0.1) is 6.26 Å². The van der Waals surface area contributed by atoms with E-state index in [0.29, 0.717) is 51.7 Å². The summed E-state index contributed by atoms with van der Waals surface area (Å²) in [7, 11) is -3.80. The van der Waals surface area contributed by atoms with E-state index in [9.17, 15) is 22.8 Å². The van der Waals surface area contributed by atoms with E-state index < -0.39 is 33.9 Å². The number of sulfonamides is 1. The van der Waals surface area contributed by atoms with E-state index >= 15 is 0 Å². The molecule has 2 atom stereocenters. The highest BCUT2D eigenvalue weighted by Gasteiger charge is 2.41. The first-order valence-electron chi connectivity index (χ1n) is 15.2. The Kier molecular flexibility index (Phi) is 12.8. The molecule has 0 aliphatic carbocycles. The van der Waals surface area contributed by atoms with Gasteiger partial charge < -0.3 is 15.5 Å². The molecule has 2 saturated heterocycles. The van der Waals surface area contributed by atoms with Crippen LogP contribution in [0.5, 0.6) is 0 Å². The van der Waals surface area contributed by atoms with Crippen LogP contribution in [0.3, 0.4) is 0 Å². The molecule has 2 aliphatic rings. The van der Waals surface area contributed by atoms with Crippen molar-refractivity contribution in [2.45, 2.75) is 89.6 Å². The van der Waals surface area contributed by atoms with Gasteiger partial charge in [-0.2, -0.15) is 4.31 Å². The van der Waals surface area contributed by atoms with Crippen molar-refractivity contribution in [3.63, 3.8) is 0 Å². The largest absolute Gasteiger partial charge is 0.368 e. The van der Waals surface area contributed by atoms with Crippen molar-refractivity contribution in [2.75, 3.05) is 32.4 Å². The van der Waals surface area contributed by atoms with Crippen molar-refractivity contribution in [3.05, 3.63) is 35.9 Å². The molecule has 0 bridgehead atoms. The summed E-state index contributed by atoms with van der Waals surface area (Å²) in [4.78, 5) is 41.5. The monoisotopic (exact) mass is 604 g/mol. The fourth-order valence-electron chi connectivity index (χ4n) is 5.92. The maximum Gasteiger partial charge on any atom is 0.242 e. The maximum atomic E-state index is 13.9. The smallest absolute Gasteiger partial charge is 0.242 e. The van der Waals surface area contributed by atoms with Gasteiger partial charge in [-0.3, -0.25) is 25.1 Å². The number of carbonyl (C=O) groups is 3. The number of nitrogens with two attached hydrogens (primary N) is 1. The minimum Gasteiger partial charge on any atom is -0.368 e. The van der Waals surface area contributed by atoms with E-state index in [-0.39, 0.29) is 30.8 Å². The van der Waals surface area contributed by atoms with Gasteiger partial charge in [0.15, 0.2) is 5.96 Å². The summed E-state index contributed by atoms with van der Waals surface area (Å²) in [6.45, 7) is 3.67. The number of nitrogens with zero attached hydrogens (tertiary/aromatic N) is 3. The zero-order valence-corrected chi connectivity index (χ0v) is 25.9. The van der Waals surface area contributed by atoms with Gasteiger partial charge >= 0.3 is 0 Å². The lowest BCUT2D eigenvalue weighted by Crippen LogP contribution is -2.56. The van der Waals surface area contributed by atoms with E-state index in [1.54, 1.807) is 0 Å². The number of likely N-dealkylation sites (tertiary alicyclic amines) is 2. The van der Waals surface area contributed by atoms with E-state index in [4.69, 9.17) is 11.1 Å². The highest BCUT2D eigenvalue weighted by molar-refractivity contribution is 7.88. The summed E-state index contributed by atoms with van der Waals surface area (Å²) in [5.41, 5.74) is 6.41. The lowest BCUT2D eigenvalue weighted by Gasteiger charge is -2.38. The summed E-state index contributed by atoms with van der Waals surface area (Å²) >= 11 is 0. The zero-order valence-electron chi connectivity index (χ0n) is 25.1. The average molecular weight is 605 g/mol. The predicted molar refractivity (Wildman–Crippen MR) is 163 cm³/mol. The lowest BCUT2D eigenvalue weighted by atomic mass is 9.95. The van der Waals surface area contributed by atoms with Gasteiger partial charge in [-0.25, -0.2) is 8.42 Å². The molecule has 4 N–H and O–H groups in total. The Morgan fingerprint density at radius 2 is 1.71 bits per heavy atom. The number of hydrogen-bond donors (Lipinski definition) is 3. The molecule has 11 nitrogen and oxygen atoms in total. The first-order valence-corrected chi connectivity index (χ1v) is 17.1. The second-order valence-electron chi connectivity index (χ2n) is 11.6. The zero-order chi connectivity index (χ0) is 30.7. The molecule has 1 aromatic carbocycles. The Labute approximate surface area is 250 Å². The highest BCUT2D eigenvalue weighted by Crippen LogP contribution is 2.26. The van der Waals surface area contributed by atoms with Crippen LogP contribution in [-0.2, 0) is 30.8 Å². The highest BCUT2D eigenvalue weighted by atomic mass is 32.2. The average Bonchev–Trinajstić information content (AvgIpc) is 3.45. The molecule has 3 rings (SSSR count). The fraction of sp³-hybridized carbons (Fsp3) is 0.667. The maximum absolute atomic E-state index is 13.9. The number of carbonyl (C=O) groups excluding carboxylic acids is 3. The molecule has 42 heavy (non-hydrogen) atoms. The summed E-state index contributed by atoms with van der Waals surface area (Å²) < 4.78 is 27.7. The molecule has 0 aromatic heterocycles. The normalized spacial score (nSPS) is 18.7. The minimum atomic E-state index is -3.80. The Hall–Kier alpha value is -2.99. The third-order valence-corrected chi connectivity index (χ3v) is 9.58. The topological polar surface area (TPSA) is 157 Å². The molecule has 234 valence electrons. The van der Waals surface area contributed by atoms with Crippen molar-refractivity contribution in [3.8, 4) is 0 Å². The van der Waals surface area contributed by atoms with Crippen molar-refractivity contribution in [1.82, 2.24) is 19.4 Å². The van der Waals surface area contributed by atoms with Crippen LogP contribution >= 0.6 is 0 Å². The van der Waals surface area contributed by atoms with Crippen LogP contribution in [0.15, 0.2) is 30.3 Å². The molecule has 1 aromatic rings. The van der Waals surface area contributed by atoms with Gasteiger partial charge in [-0.15, -0.1) is 0 Å². The molecule has 3 amide bonds. The van der Waals surface area contributed by atoms with Crippen molar-refractivity contribution >= 4 is 33.7 Å². The number of amides is 3.